The van der Waals surface area contributed by atoms with Gasteiger partial charge in [-0.25, -0.2) is 4.98 Å². The highest BCUT2D eigenvalue weighted by atomic mass is 19.4. The van der Waals surface area contributed by atoms with Gasteiger partial charge in [0.15, 0.2) is 0 Å². The van der Waals surface area contributed by atoms with Gasteiger partial charge in [0.05, 0.1) is 53.2 Å². The fraction of sp³-hybridized carbons (Fsp3) is 0.434. The molecule has 4 aliphatic heterocycles. The molecule has 3 aromatic heterocycles. The number of nitrogens with one attached hydrogen (secondary N) is 3. The normalized spacial score (nSPS) is 17.5. The third-order valence-electron chi connectivity index (χ3n) is 13.9. The van der Waals surface area contributed by atoms with Gasteiger partial charge in [0, 0.05) is 93.2 Å². The van der Waals surface area contributed by atoms with Crippen LogP contribution in [0.25, 0.3) is 11.1 Å². The van der Waals surface area contributed by atoms with Gasteiger partial charge in [-0.3, -0.25) is 53.5 Å². The maximum Gasteiger partial charge on any atom is 0.416 e. The smallest absolute Gasteiger partial charge is 0.416 e. The number of alkyl halides is 3. The van der Waals surface area contributed by atoms with Crippen LogP contribution in [-0.4, -0.2) is 128 Å². The van der Waals surface area contributed by atoms with Crippen LogP contribution < -0.4 is 25.6 Å². The van der Waals surface area contributed by atoms with E-state index in [2.05, 4.69) is 41.0 Å². The lowest BCUT2D eigenvalue weighted by molar-refractivity contribution is -0.138. The first kappa shape index (κ1) is 52.3. The number of piperazine rings is 1. The second-order valence-electron chi connectivity index (χ2n) is 19.2. The number of fused-ring (bicyclic) bond motifs is 1. The molecular formula is C53H58F3N11O8. The predicted octanol–water partition coefficient (Wildman–Crippen LogP) is 6.62. The molecule has 2 aromatic carbocycles. The van der Waals surface area contributed by atoms with Crippen LogP contribution in [0.2, 0.25) is 0 Å². The highest BCUT2D eigenvalue weighted by molar-refractivity contribution is 6.26. The summed E-state index contributed by atoms with van der Waals surface area (Å²) in [6.45, 7) is 7.77. The summed E-state index contributed by atoms with van der Waals surface area (Å²) in [5, 5.41) is 16.3. The number of anilines is 3. The fourth-order valence-electron chi connectivity index (χ4n) is 9.77. The minimum absolute atomic E-state index is 0.0123. The van der Waals surface area contributed by atoms with E-state index in [4.69, 9.17) is 14.5 Å². The van der Waals surface area contributed by atoms with Crippen LogP contribution in [0, 0.1) is 6.92 Å². The van der Waals surface area contributed by atoms with Crippen molar-refractivity contribution in [3.63, 3.8) is 0 Å². The molecule has 4 aliphatic rings. The van der Waals surface area contributed by atoms with E-state index in [0.29, 0.717) is 49.0 Å². The minimum atomic E-state index is -4.58. The molecule has 75 heavy (non-hydrogen) atoms. The third-order valence-corrected chi connectivity index (χ3v) is 13.9. The lowest BCUT2D eigenvalue weighted by atomic mass is 10.0. The molecule has 19 nitrogen and oxygen atoms in total. The van der Waals surface area contributed by atoms with Crippen molar-refractivity contribution in [1.29, 1.82) is 0 Å². The van der Waals surface area contributed by atoms with Crippen molar-refractivity contribution >= 4 is 52.5 Å². The summed E-state index contributed by atoms with van der Waals surface area (Å²) in [7, 11) is 0. The number of ether oxygens (including phenoxy) is 2. The lowest BCUT2D eigenvalue weighted by Gasteiger charge is -2.37. The number of nitrogens with zero attached hydrogens (tertiary/aromatic N) is 8. The van der Waals surface area contributed by atoms with Crippen LogP contribution in [-0.2, 0) is 38.3 Å². The number of aryl methyl sites for hydroxylation is 3. The van der Waals surface area contributed by atoms with Gasteiger partial charge in [-0.05, 0) is 94.5 Å². The van der Waals surface area contributed by atoms with Gasteiger partial charge in [0.25, 0.3) is 17.7 Å². The lowest BCUT2D eigenvalue weighted by Crippen LogP contribution is -2.54. The standard InChI is InChI=1S/C53H58F3N11O8/c1-33-41(29-38(31-57-33)59-48(70)34-9-7-10-36(27-34)53(54,55)56)35-28-44(50(58-30-35)75-39-17-25-74-26-18-39)65-23-21-64(22-24-65)19-6-4-11-37-32-66(63-62-37)20-5-2-3-14-45(68)60-42-13-8-12-40-47(42)52(73)67(51(40)72)43-15-16-46(69)61-49(43)71/h7-10,12-13,27-32,39,43H,2-6,11,14-26H2,1H3,(H,59,70)(H,60,68)(H,61,69,71). The number of hydrogen-bond acceptors (Lipinski definition) is 14. The first-order valence-electron chi connectivity index (χ1n) is 25.4. The van der Waals surface area contributed by atoms with Gasteiger partial charge < -0.3 is 25.0 Å². The van der Waals surface area contributed by atoms with E-state index in [1.807, 2.05) is 23.9 Å². The molecule has 0 spiro atoms. The molecule has 3 saturated heterocycles. The van der Waals surface area contributed by atoms with Gasteiger partial charge in [-0.15, -0.1) is 5.10 Å². The Morgan fingerprint density at radius 2 is 1.63 bits per heavy atom. The molecule has 3 fully saturated rings. The molecular weight excluding hydrogens is 976 g/mol. The monoisotopic (exact) mass is 1030 g/mol. The number of halogens is 3. The van der Waals surface area contributed by atoms with Crippen molar-refractivity contribution < 1.29 is 51.4 Å². The summed E-state index contributed by atoms with van der Waals surface area (Å²) in [5.74, 6) is -2.93. The number of benzene rings is 2. The van der Waals surface area contributed by atoms with E-state index in [9.17, 15) is 41.9 Å². The number of carbonyl (C=O) groups is 6. The maximum absolute atomic E-state index is 13.4. The van der Waals surface area contributed by atoms with Crippen LogP contribution >= 0.6 is 0 Å². The van der Waals surface area contributed by atoms with Gasteiger partial charge in [-0.2, -0.15) is 13.2 Å². The molecule has 22 heteroatoms. The molecule has 6 amide bonds. The first-order chi connectivity index (χ1) is 36.2. The van der Waals surface area contributed by atoms with E-state index in [-0.39, 0.29) is 53.7 Å². The molecule has 394 valence electrons. The number of hydrogen-bond donors (Lipinski definition) is 3. The van der Waals surface area contributed by atoms with Crippen LogP contribution in [0.5, 0.6) is 5.88 Å². The highest BCUT2D eigenvalue weighted by Gasteiger charge is 2.46. The summed E-state index contributed by atoms with van der Waals surface area (Å²) in [5.41, 5.74) is 3.54. The summed E-state index contributed by atoms with van der Waals surface area (Å²) in [6.07, 6.45) is 7.12. The van der Waals surface area contributed by atoms with Crippen LogP contribution in [0.15, 0.2) is 73.2 Å². The quantitative estimate of drug-likeness (QED) is 0.0585. The van der Waals surface area contributed by atoms with E-state index in [0.717, 1.165) is 112 Å². The molecule has 0 bridgehead atoms. The zero-order valence-corrected chi connectivity index (χ0v) is 41.5. The SMILES string of the molecule is Cc1ncc(NC(=O)c2cccc(C(F)(F)F)c2)cc1-c1cnc(OC2CCOCC2)c(N2CCN(CCCCc3cn(CCCCCC(=O)Nc4cccc5c4C(=O)N(C4CCC(=O)NC4=O)C5=O)nn3)CC2)c1. The number of piperidine rings is 1. The topological polar surface area (TPSA) is 223 Å². The second kappa shape index (κ2) is 23.3. The van der Waals surface area contributed by atoms with Crippen molar-refractivity contribution in [3.8, 4) is 17.0 Å². The van der Waals surface area contributed by atoms with E-state index >= 15 is 0 Å². The fourth-order valence-corrected chi connectivity index (χ4v) is 9.77. The van der Waals surface area contributed by atoms with Gasteiger partial charge >= 0.3 is 6.18 Å². The summed E-state index contributed by atoms with van der Waals surface area (Å²) in [4.78, 5) is 91.5. The number of amides is 6. The molecule has 3 N–H and O–H groups in total. The number of aromatic nitrogens is 5. The molecule has 0 saturated carbocycles. The molecule has 1 unspecified atom stereocenters. The van der Waals surface area contributed by atoms with Crippen molar-refractivity contribution in [3.05, 3.63) is 107 Å². The first-order valence-corrected chi connectivity index (χ1v) is 25.4. The van der Waals surface area contributed by atoms with Crippen LogP contribution in [0.4, 0.5) is 30.2 Å². The minimum Gasteiger partial charge on any atom is -0.473 e. The average molecular weight is 1030 g/mol. The van der Waals surface area contributed by atoms with Crippen LogP contribution in [0.3, 0.4) is 0 Å². The Morgan fingerprint density at radius 3 is 2.41 bits per heavy atom. The number of unbranched alkanes of at least 4 members (excludes halogenated alkanes) is 3. The molecule has 0 aliphatic carbocycles. The zero-order chi connectivity index (χ0) is 52.6. The molecule has 7 heterocycles. The Balaban J connectivity index is 0.716. The zero-order valence-electron chi connectivity index (χ0n) is 41.5. The van der Waals surface area contributed by atoms with E-state index in [1.165, 1.54) is 24.4 Å². The molecule has 1 atom stereocenters. The summed E-state index contributed by atoms with van der Waals surface area (Å²) >= 11 is 0. The number of pyridine rings is 2. The van der Waals surface area contributed by atoms with Crippen molar-refractivity contribution in [2.24, 2.45) is 0 Å². The summed E-state index contributed by atoms with van der Waals surface area (Å²) in [6, 6.07) is 11.6. The second-order valence-corrected chi connectivity index (χ2v) is 19.2. The molecule has 5 aromatic rings. The predicted molar refractivity (Wildman–Crippen MR) is 268 cm³/mol. The Hall–Kier alpha value is -7.59. The number of rotatable bonds is 19. The van der Waals surface area contributed by atoms with E-state index in [1.54, 1.807) is 24.4 Å². The van der Waals surface area contributed by atoms with Gasteiger partial charge in [-0.1, -0.05) is 23.8 Å². The highest BCUT2D eigenvalue weighted by Crippen LogP contribution is 2.37. The Kier molecular flexibility index (Phi) is 16.2. The average Bonchev–Trinajstić information content (AvgIpc) is 3.97. The Labute approximate surface area is 430 Å². The number of carbonyl (C=O) groups excluding carboxylic acids is 6. The summed E-state index contributed by atoms with van der Waals surface area (Å²) < 4.78 is 54.0. The van der Waals surface area contributed by atoms with E-state index < -0.39 is 47.3 Å². The van der Waals surface area contributed by atoms with Crippen molar-refractivity contribution in [2.75, 3.05) is 61.5 Å². The largest absolute Gasteiger partial charge is 0.473 e. The third kappa shape index (κ3) is 12.7. The maximum atomic E-state index is 13.4. The van der Waals surface area contributed by atoms with Gasteiger partial charge in [0.1, 0.15) is 17.8 Å². The Bertz CT molecular complexity index is 2950. The van der Waals surface area contributed by atoms with Gasteiger partial charge in [0.2, 0.25) is 23.6 Å². The van der Waals surface area contributed by atoms with Crippen molar-refractivity contribution in [1.82, 2.24) is 40.1 Å². The van der Waals surface area contributed by atoms with Crippen LogP contribution in [0.1, 0.15) is 112 Å². The molecule has 9 rings (SSSR count). The Morgan fingerprint density at radius 1 is 0.840 bits per heavy atom. The molecule has 0 radical (unpaired) electrons. The van der Waals surface area contributed by atoms with Crippen molar-refractivity contribution in [2.45, 2.75) is 102 Å². The number of imide groups is 2.